The Hall–Kier alpha value is -2.36. The fraction of sp³-hybridized carbons (Fsp3) is 0.200. The quantitative estimate of drug-likeness (QED) is 0.913. The molecule has 1 N–H and O–H groups in total. The van der Waals surface area contributed by atoms with Crippen molar-refractivity contribution in [2.24, 2.45) is 0 Å². The topological polar surface area (TPSA) is 59.4 Å². The van der Waals surface area contributed by atoms with Crippen LogP contribution >= 0.6 is 0 Å². The van der Waals surface area contributed by atoms with E-state index in [2.05, 4.69) is 4.98 Å². The molecule has 0 saturated carbocycles. The fourth-order valence-electron chi connectivity index (χ4n) is 1.77. The van der Waals surface area contributed by atoms with Crippen LogP contribution in [0.15, 0.2) is 42.5 Å². The summed E-state index contributed by atoms with van der Waals surface area (Å²) in [6.07, 6.45) is -0.233. The third-order valence-corrected chi connectivity index (χ3v) is 2.77. The van der Waals surface area contributed by atoms with Crippen molar-refractivity contribution in [1.82, 2.24) is 4.98 Å². The molecular formula is C15H15NO3. The normalized spacial score (nSPS) is 11.9. The summed E-state index contributed by atoms with van der Waals surface area (Å²) in [6.45, 7) is 3.62. The number of rotatable bonds is 4. The number of carboxylic acid groups (broad SMARTS) is 1. The zero-order valence-electron chi connectivity index (χ0n) is 10.8. The van der Waals surface area contributed by atoms with E-state index < -0.39 is 5.97 Å². The van der Waals surface area contributed by atoms with Gasteiger partial charge >= 0.3 is 5.97 Å². The Kier molecular flexibility index (Phi) is 3.80. The third kappa shape index (κ3) is 3.10. The van der Waals surface area contributed by atoms with E-state index in [1.165, 1.54) is 0 Å². The highest BCUT2D eigenvalue weighted by molar-refractivity contribution is 5.88. The van der Waals surface area contributed by atoms with Crippen LogP contribution in [0.4, 0.5) is 0 Å². The molecule has 0 fully saturated rings. The SMILES string of the molecule is Cc1ccc(OC(C)c2ccccc2)c(C(=O)O)n1. The molecular weight excluding hydrogens is 242 g/mol. The second-order valence-electron chi connectivity index (χ2n) is 4.28. The molecule has 4 nitrogen and oxygen atoms in total. The highest BCUT2D eigenvalue weighted by Crippen LogP contribution is 2.24. The van der Waals surface area contributed by atoms with E-state index in [-0.39, 0.29) is 17.5 Å². The van der Waals surface area contributed by atoms with Gasteiger partial charge in [-0.2, -0.15) is 0 Å². The first-order valence-corrected chi connectivity index (χ1v) is 6.00. The lowest BCUT2D eigenvalue weighted by atomic mass is 10.1. The number of carboxylic acids is 1. The predicted octanol–water partition coefficient (Wildman–Crippen LogP) is 3.23. The molecule has 1 aromatic carbocycles. The van der Waals surface area contributed by atoms with Crippen LogP contribution in [0, 0.1) is 6.92 Å². The molecule has 19 heavy (non-hydrogen) atoms. The maximum Gasteiger partial charge on any atom is 0.358 e. The van der Waals surface area contributed by atoms with E-state index >= 15 is 0 Å². The summed E-state index contributed by atoms with van der Waals surface area (Å²) < 4.78 is 5.70. The number of carbonyl (C=O) groups is 1. The van der Waals surface area contributed by atoms with Crippen molar-refractivity contribution in [2.45, 2.75) is 20.0 Å². The standard InChI is InChI=1S/C15H15NO3/c1-10-8-9-13(14(16-10)15(17)18)19-11(2)12-6-4-3-5-7-12/h3-9,11H,1-2H3,(H,17,18). The molecule has 0 aliphatic carbocycles. The van der Waals surface area contributed by atoms with Crippen molar-refractivity contribution in [3.8, 4) is 5.75 Å². The number of pyridine rings is 1. The first kappa shape index (κ1) is 13.1. The molecule has 0 aliphatic heterocycles. The number of benzene rings is 1. The van der Waals surface area contributed by atoms with E-state index in [1.807, 2.05) is 37.3 Å². The van der Waals surface area contributed by atoms with Crippen LogP contribution in [0.2, 0.25) is 0 Å². The Morgan fingerprint density at radius 2 is 1.89 bits per heavy atom. The van der Waals surface area contributed by atoms with Crippen molar-refractivity contribution < 1.29 is 14.6 Å². The van der Waals surface area contributed by atoms with E-state index in [4.69, 9.17) is 9.84 Å². The number of aromatic carboxylic acids is 1. The van der Waals surface area contributed by atoms with Crippen LogP contribution in [-0.2, 0) is 0 Å². The molecule has 0 bridgehead atoms. The number of ether oxygens (including phenoxy) is 1. The Morgan fingerprint density at radius 1 is 1.21 bits per heavy atom. The summed E-state index contributed by atoms with van der Waals surface area (Å²) >= 11 is 0. The van der Waals surface area contributed by atoms with Crippen LogP contribution in [-0.4, -0.2) is 16.1 Å². The van der Waals surface area contributed by atoms with Crippen molar-refractivity contribution in [3.05, 3.63) is 59.4 Å². The number of hydrogen-bond acceptors (Lipinski definition) is 3. The monoisotopic (exact) mass is 257 g/mol. The second kappa shape index (κ2) is 5.52. The van der Waals surface area contributed by atoms with Gasteiger partial charge in [-0.3, -0.25) is 0 Å². The van der Waals surface area contributed by atoms with E-state index in [0.717, 1.165) is 5.56 Å². The van der Waals surface area contributed by atoms with Crippen molar-refractivity contribution >= 4 is 5.97 Å². The molecule has 0 spiro atoms. The Bertz CT molecular complexity index is 581. The largest absolute Gasteiger partial charge is 0.483 e. The highest BCUT2D eigenvalue weighted by Gasteiger charge is 2.16. The van der Waals surface area contributed by atoms with Gasteiger partial charge in [0.05, 0.1) is 0 Å². The molecule has 1 unspecified atom stereocenters. The number of aromatic nitrogens is 1. The lowest BCUT2D eigenvalue weighted by molar-refractivity contribution is 0.0682. The fourth-order valence-corrected chi connectivity index (χ4v) is 1.77. The molecule has 4 heteroatoms. The lowest BCUT2D eigenvalue weighted by Gasteiger charge is -2.16. The van der Waals surface area contributed by atoms with Gasteiger partial charge in [-0.05, 0) is 31.5 Å². The minimum absolute atomic E-state index is 0.0530. The molecule has 0 saturated heterocycles. The maximum atomic E-state index is 11.1. The van der Waals surface area contributed by atoms with E-state index in [1.54, 1.807) is 19.1 Å². The minimum Gasteiger partial charge on any atom is -0.483 e. The van der Waals surface area contributed by atoms with Gasteiger partial charge < -0.3 is 9.84 Å². The molecule has 1 heterocycles. The average molecular weight is 257 g/mol. The average Bonchev–Trinajstić information content (AvgIpc) is 2.41. The highest BCUT2D eigenvalue weighted by atomic mass is 16.5. The molecule has 0 radical (unpaired) electrons. The summed E-state index contributed by atoms with van der Waals surface area (Å²) in [4.78, 5) is 15.1. The van der Waals surface area contributed by atoms with E-state index in [0.29, 0.717) is 5.69 Å². The van der Waals surface area contributed by atoms with Gasteiger partial charge in [-0.25, -0.2) is 9.78 Å². The summed E-state index contributed by atoms with van der Waals surface area (Å²) in [5.41, 5.74) is 1.58. The van der Waals surface area contributed by atoms with Crippen LogP contribution in [0.5, 0.6) is 5.75 Å². The van der Waals surface area contributed by atoms with Gasteiger partial charge in [-0.15, -0.1) is 0 Å². The Balaban J connectivity index is 2.26. The summed E-state index contributed by atoms with van der Waals surface area (Å²) in [5.74, 6) is -0.798. The number of nitrogens with zero attached hydrogens (tertiary/aromatic N) is 1. The number of aryl methyl sites for hydroxylation is 1. The number of hydrogen-bond donors (Lipinski definition) is 1. The van der Waals surface area contributed by atoms with Crippen molar-refractivity contribution in [3.63, 3.8) is 0 Å². The van der Waals surface area contributed by atoms with Gasteiger partial charge in [0.25, 0.3) is 0 Å². The molecule has 2 aromatic rings. The molecule has 0 aliphatic rings. The van der Waals surface area contributed by atoms with Gasteiger partial charge in [0.1, 0.15) is 6.10 Å². The minimum atomic E-state index is -1.08. The first-order valence-electron chi connectivity index (χ1n) is 6.00. The molecule has 2 rings (SSSR count). The molecule has 1 atom stereocenters. The van der Waals surface area contributed by atoms with Crippen LogP contribution in [0.1, 0.15) is 34.8 Å². The van der Waals surface area contributed by atoms with Gasteiger partial charge in [0.15, 0.2) is 11.4 Å². The maximum absolute atomic E-state index is 11.1. The predicted molar refractivity (Wildman–Crippen MR) is 71.4 cm³/mol. The summed E-state index contributed by atoms with van der Waals surface area (Å²) in [6, 6.07) is 13.0. The smallest absolute Gasteiger partial charge is 0.358 e. The molecule has 0 amide bonds. The van der Waals surface area contributed by atoms with Crippen LogP contribution < -0.4 is 4.74 Å². The third-order valence-electron chi connectivity index (χ3n) is 2.77. The summed E-state index contributed by atoms with van der Waals surface area (Å²) in [7, 11) is 0. The molecule has 98 valence electrons. The van der Waals surface area contributed by atoms with E-state index in [9.17, 15) is 4.79 Å². The lowest BCUT2D eigenvalue weighted by Crippen LogP contribution is -2.09. The van der Waals surface area contributed by atoms with Gasteiger partial charge in [0.2, 0.25) is 0 Å². The Labute approximate surface area is 111 Å². The van der Waals surface area contributed by atoms with Gasteiger partial charge in [0, 0.05) is 5.69 Å². The van der Waals surface area contributed by atoms with Gasteiger partial charge in [-0.1, -0.05) is 30.3 Å². The van der Waals surface area contributed by atoms with Crippen molar-refractivity contribution in [2.75, 3.05) is 0 Å². The summed E-state index contributed by atoms with van der Waals surface area (Å²) in [5, 5.41) is 9.13. The zero-order valence-corrected chi connectivity index (χ0v) is 10.8. The first-order chi connectivity index (χ1) is 9.08. The van der Waals surface area contributed by atoms with Crippen LogP contribution in [0.25, 0.3) is 0 Å². The second-order valence-corrected chi connectivity index (χ2v) is 4.28. The van der Waals surface area contributed by atoms with Crippen molar-refractivity contribution in [1.29, 1.82) is 0 Å². The molecule has 1 aromatic heterocycles. The Morgan fingerprint density at radius 3 is 2.53 bits per heavy atom. The zero-order chi connectivity index (χ0) is 13.8. The van der Waals surface area contributed by atoms with Crippen LogP contribution in [0.3, 0.4) is 0 Å².